The van der Waals surface area contributed by atoms with Crippen LogP contribution in [0.1, 0.15) is 5.76 Å². The van der Waals surface area contributed by atoms with Gasteiger partial charge in [0.15, 0.2) is 0 Å². The molecular formula is C16H15ClN2O3S. The monoisotopic (exact) mass is 350 g/mol. The van der Waals surface area contributed by atoms with Crippen LogP contribution in [0.4, 0.5) is 4.79 Å². The van der Waals surface area contributed by atoms with Gasteiger partial charge in [-0.1, -0.05) is 23.4 Å². The lowest BCUT2D eigenvalue weighted by Gasteiger charge is -2.13. The fourth-order valence-corrected chi connectivity index (χ4v) is 3.18. The van der Waals surface area contributed by atoms with Gasteiger partial charge >= 0.3 is 0 Å². The van der Waals surface area contributed by atoms with Gasteiger partial charge in [-0.25, -0.2) is 0 Å². The Morgan fingerprint density at radius 1 is 1.26 bits per heavy atom. The van der Waals surface area contributed by atoms with Crippen molar-refractivity contribution in [2.45, 2.75) is 6.54 Å². The van der Waals surface area contributed by atoms with Crippen molar-refractivity contribution in [3.05, 3.63) is 47.2 Å². The van der Waals surface area contributed by atoms with E-state index >= 15 is 0 Å². The minimum Gasteiger partial charge on any atom is -0.459 e. The van der Waals surface area contributed by atoms with Gasteiger partial charge in [0.2, 0.25) is 5.91 Å². The van der Waals surface area contributed by atoms with E-state index in [0.29, 0.717) is 23.9 Å². The number of hydrogen-bond acceptors (Lipinski definition) is 4. The smallest absolute Gasteiger partial charge is 0.282 e. The van der Waals surface area contributed by atoms with Crippen LogP contribution in [0.25, 0.3) is 11.3 Å². The third-order valence-electron chi connectivity index (χ3n) is 3.43. The summed E-state index contributed by atoms with van der Waals surface area (Å²) in [6.45, 7) is 1.01. The van der Waals surface area contributed by atoms with Crippen molar-refractivity contribution >= 4 is 34.5 Å². The number of hydrogen-bond donors (Lipinski definition) is 1. The molecule has 2 amide bonds. The van der Waals surface area contributed by atoms with Crippen molar-refractivity contribution in [2.24, 2.45) is 0 Å². The second-order valence-corrected chi connectivity index (χ2v) is 6.57. The zero-order valence-corrected chi connectivity index (χ0v) is 13.8. The summed E-state index contributed by atoms with van der Waals surface area (Å²) in [4.78, 5) is 24.9. The van der Waals surface area contributed by atoms with Crippen LogP contribution in [0, 0.1) is 0 Å². The highest BCUT2D eigenvalue weighted by Gasteiger charge is 2.23. The fourth-order valence-electron chi connectivity index (χ4n) is 2.23. The molecule has 23 heavy (non-hydrogen) atoms. The van der Waals surface area contributed by atoms with Gasteiger partial charge in [-0.05, 0) is 36.4 Å². The van der Waals surface area contributed by atoms with Gasteiger partial charge in [-0.2, -0.15) is 0 Å². The van der Waals surface area contributed by atoms with E-state index in [1.807, 2.05) is 24.3 Å². The Balaban J connectivity index is 1.53. The summed E-state index contributed by atoms with van der Waals surface area (Å²) >= 11 is 7.10. The van der Waals surface area contributed by atoms with Gasteiger partial charge in [0, 0.05) is 22.9 Å². The Morgan fingerprint density at radius 2 is 2.04 bits per heavy atom. The van der Waals surface area contributed by atoms with Crippen molar-refractivity contribution < 1.29 is 14.0 Å². The molecule has 0 saturated carbocycles. The maximum Gasteiger partial charge on any atom is 0.282 e. The van der Waals surface area contributed by atoms with Crippen molar-refractivity contribution in [1.82, 2.24) is 10.2 Å². The number of rotatable bonds is 5. The van der Waals surface area contributed by atoms with Crippen LogP contribution in [0.5, 0.6) is 0 Å². The molecule has 0 spiro atoms. The summed E-state index contributed by atoms with van der Waals surface area (Å²) in [7, 11) is 0. The highest BCUT2D eigenvalue weighted by atomic mass is 35.5. The van der Waals surface area contributed by atoms with Crippen molar-refractivity contribution in [3.63, 3.8) is 0 Å². The molecule has 1 fully saturated rings. The van der Waals surface area contributed by atoms with E-state index in [1.165, 1.54) is 11.8 Å². The number of furan rings is 1. The minimum absolute atomic E-state index is 0.0387. The summed E-state index contributed by atoms with van der Waals surface area (Å²) in [6, 6.07) is 11.0. The van der Waals surface area contributed by atoms with Crippen molar-refractivity contribution in [2.75, 3.05) is 18.8 Å². The summed E-state index contributed by atoms with van der Waals surface area (Å²) in [5.41, 5.74) is 0.923. The largest absolute Gasteiger partial charge is 0.459 e. The second-order valence-electron chi connectivity index (χ2n) is 5.09. The number of carbonyl (C=O) groups is 2. The van der Waals surface area contributed by atoms with E-state index in [0.717, 1.165) is 17.1 Å². The average molecular weight is 351 g/mol. The van der Waals surface area contributed by atoms with Gasteiger partial charge in [0.25, 0.3) is 5.24 Å². The number of amides is 2. The maximum atomic E-state index is 11.9. The number of nitrogens with one attached hydrogen (secondary N) is 1. The van der Waals surface area contributed by atoms with E-state index in [1.54, 1.807) is 17.0 Å². The zero-order valence-electron chi connectivity index (χ0n) is 12.3. The molecule has 1 aliphatic heterocycles. The number of carbonyl (C=O) groups excluding carboxylic acids is 2. The van der Waals surface area contributed by atoms with E-state index in [2.05, 4.69) is 5.32 Å². The predicted molar refractivity (Wildman–Crippen MR) is 90.4 cm³/mol. The molecule has 2 aromatic rings. The third-order valence-corrected chi connectivity index (χ3v) is 4.57. The Morgan fingerprint density at radius 3 is 2.74 bits per heavy atom. The summed E-state index contributed by atoms with van der Waals surface area (Å²) < 4.78 is 5.71. The van der Waals surface area contributed by atoms with Gasteiger partial charge in [0.1, 0.15) is 18.1 Å². The Kier molecular flexibility index (Phi) is 4.93. The summed E-state index contributed by atoms with van der Waals surface area (Å²) in [5.74, 6) is 1.93. The molecule has 3 rings (SSSR count). The molecular weight excluding hydrogens is 336 g/mol. The highest BCUT2D eigenvalue weighted by molar-refractivity contribution is 8.13. The van der Waals surface area contributed by atoms with Crippen LogP contribution in [0.3, 0.4) is 0 Å². The molecule has 1 N–H and O–H groups in total. The van der Waals surface area contributed by atoms with E-state index in [4.69, 9.17) is 16.0 Å². The number of nitrogens with zero attached hydrogens (tertiary/aromatic N) is 1. The van der Waals surface area contributed by atoms with Crippen molar-refractivity contribution in [1.29, 1.82) is 0 Å². The molecule has 7 heteroatoms. The van der Waals surface area contributed by atoms with Crippen LogP contribution >= 0.6 is 23.4 Å². The first-order chi connectivity index (χ1) is 11.1. The van der Waals surface area contributed by atoms with Crippen LogP contribution in [0.2, 0.25) is 5.02 Å². The number of benzene rings is 1. The first-order valence-corrected chi connectivity index (χ1v) is 8.51. The van der Waals surface area contributed by atoms with E-state index in [-0.39, 0.29) is 17.7 Å². The molecule has 0 atom stereocenters. The number of thioether (sulfide) groups is 1. The van der Waals surface area contributed by atoms with Gasteiger partial charge in [-0.3, -0.25) is 9.59 Å². The zero-order chi connectivity index (χ0) is 16.2. The van der Waals surface area contributed by atoms with Gasteiger partial charge in [-0.15, -0.1) is 0 Å². The molecule has 5 nitrogen and oxygen atoms in total. The van der Waals surface area contributed by atoms with Crippen LogP contribution in [0.15, 0.2) is 40.8 Å². The first kappa shape index (κ1) is 16.0. The molecule has 1 aromatic carbocycles. The SMILES string of the molecule is O=C(CN1CCSC1=O)NCc1ccc(-c2ccc(Cl)cc2)o1. The molecule has 0 radical (unpaired) electrons. The molecule has 0 bridgehead atoms. The van der Waals surface area contributed by atoms with E-state index in [9.17, 15) is 9.59 Å². The molecule has 1 saturated heterocycles. The minimum atomic E-state index is -0.190. The molecule has 0 aliphatic carbocycles. The third kappa shape index (κ3) is 4.09. The normalized spacial score (nSPS) is 14.3. The lowest BCUT2D eigenvalue weighted by molar-refractivity contribution is -0.121. The maximum absolute atomic E-state index is 11.9. The quantitative estimate of drug-likeness (QED) is 0.897. The number of halogens is 1. The van der Waals surface area contributed by atoms with E-state index < -0.39 is 0 Å². The lowest BCUT2D eigenvalue weighted by atomic mass is 10.2. The topological polar surface area (TPSA) is 62.6 Å². The molecule has 120 valence electrons. The van der Waals surface area contributed by atoms with Crippen LogP contribution < -0.4 is 5.32 Å². The highest BCUT2D eigenvalue weighted by Crippen LogP contribution is 2.23. The molecule has 1 aromatic heterocycles. The van der Waals surface area contributed by atoms with Crippen molar-refractivity contribution in [3.8, 4) is 11.3 Å². The standard InChI is InChI=1S/C16H15ClN2O3S/c17-12-3-1-11(2-4-12)14-6-5-13(22-14)9-18-15(20)10-19-7-8-23-16(19)21/h1-6H,7-10H2,(H,18,20). The fraction of sp³-hybridized carbons (Fsp3) is 0.250. The first-order valence-electron chi connectivity index (χ1n) is 7.15. The van der Waals surface area contributed by atoms with Gasteiger partial charge in [0.05, 0.1) is 6.54 Å². The second kappa shape index (κ2) is 7.10. The molecule has 0 unspecified atom stereocenters. The predicted octanol–water partition coefficient (Wildman–Crippen LogP) is 3.39. The summed E-state index contributed by atoms with van der Waals surface area (Å²) in [5, 5.41) is 3.39. The summed E-state index contributed by atoms with van der Waals surface area (Å²) in [6.07, 6.45) is 0. The van der Waals surface area contributed by atoms with Gasteiger partial charge < -0.3 is 14.6 Å². The lowest BCUT2D eigenvalue weighted by Crippen LogP contribution is -2.36. The van der Waals surface area contributed by atoms with Crippen LogP contribution in [-0.4, -0.2) is 34.9 Å². The average Bonchev–Trinajstić information content (AvgIpc) is 3.16. The Hall–Kier alpha value is -1.92. The Labute approximate surface area is 143 Å². The molecule has 1 aliphatic rings. The molecule has 2 heterocycles. The Bertz CT molecular complexity index is 714. The van der Waals surface area contributed by atoms with Crippen LogP contribution in [-0.2, 0) is 11.3 Å².